The molecule has 2 heterocycles. The van der Waals surface area contributed by atoms with Gasteiger partial charge in [0.15, 0.2) is 0 Å². The van der Waals surface area contributed by atoms with Crippen LogP contribution in [-0.4, -0.2) is 41.8 Å². The SMILES string of the molecule is CC1CN(c2ncc(CCN)cn2)C(C)CO1. The van der Waals surface area contributed by atoms with E-state index in [1.54, 1.807) is 0 Å². The maximum absolute atomic E-state index is 5.59. The summed E-state index contributed by atoms with van der Waals surface area (Å²) in [5, 5.41) is 0. The Morgan fingerprint density at radius 1 is 1.41 bits per heavy atom. The molecule has 0 radical (unpaired) electrons. The highest BCUT2D eigenvalue weighted by molar-refractivity contribution is 5.32. The van der Waals surface area contributed by atoms with Crippen LogP contribution in [0.15, 0.2) is 12.4 Å². The number of aromatic nitrogens is 2. The van der Waals surface area contributed by atoms with Crippen LogP contribution >= 0.6 is 0 Å². The van der Waals surface area contributed by atoms with Crippen molar-refractivity contribution in [1.82, 2.24) is 9.97 Å². The molecule has 1 fully saturated rings. The van der Waals surface area contributed by atoms with E-state index in [1.807, 2.05) is 12.4 Å². The van der Waals surface area contributed by atoms with E-state index in [9.17, 15) is 0 Å². The van der Waals surface area contributed by atoms with Crippen molar-refractivity contribution in [2.75, 3.05) is 24.6 Å². The molecule has 0 amide bonds. The van der Waals surface area contributed by atoms with E-state index in [1.165, 1.54) is 0 Å². The molecule has 2 atom stereocenters. The molecule has 1 aliphatic heterocycles. The Hall–Kier alpha value is -1.20. The third-order valence-electron chi connectivity index (χ3n) is 2.99. The summed E-state index contributed by atoms with van der Waals surface area (Å²) in [5.41, 5.74) is 6.59. The van der Waals surface area contributed by atoms with E-state index in [0.717, 1.165) is 31.1 Å². The van der Waals surface area contributed by atoms with E-state index in [2.05, 4.69) is 28.7 Å². The lowest BCUT2D eigenvalue weighted by molar-refractivity contribution is 0.0337. The molecule has 2 rings (SSSR count). The van der Waals surface area contributed by atoms with Crippen LogP contribution in [0.1, 0.15) is 19.4 Å². The third-order valence-corrected chi connectivity index (χ3v) is 2.99. The maximum atomic E-state index is 5.59. The molecule has 0 aromatic carbocycles. The monoisotopic (exact) mass is 236 g/mol. The van der Waals surface area contributed by atoms with Gasteiger partial charge in [0.2, 0.25) is 5.95 Å². The number of nitrogens with zero attached hydrogens (tertiary/aromatic N) is 3. The summed E-state index contributed by atoms with van der Waals surface area (Å²) >= 11 is 0. The molecule has 0 bridgehead atoms. The lowest BCUT2D eigenvalue weighted by atomic mass is 10.2. The van der Waals surface area contributed by atoms with Gasteiger partial charge in [-0.3, -0.25) is 0 Å². The molecule has 0 saturated carbocycles. The van der Waals surface area contributed by atoms with Crippen molar-refractivity contribution >= 4 is 5.95 Å². The first kappa shape index (κ1) is 12.3. The van der Waals surface area contributed by atoms with Gasteiger partial charge in [-0.05, 0) is 32.4 Å². The van der Waals surface area contributed by atoms with Crippen molar-refractivity contribution in [2.45, 2.75) is 32.4 Å². The Bertz CT molecular complexity index is 354. The zero-order chi connectivity index (χ0) is 12.3. The number of ether oxygens (including phenoxy) is 1. The summed E-state index contributed by atoms with van der Waals surface area (Å²) in [6.45, 7) is 6.41. The van der Waals surface area contributed by atoms with Crippen LogP contribution in [0.2, 0.25) is 0 Å². The van der Waals surface area contributed by atoms with E-state index < -0.39 is 0 Å². The van der Waals surface area contributed by atoms with E-state index in [-0.39, 0.29) is 6.10 Å². The van der Waals surface area contributed by atoms with Crippen LogP contribution in [0.3, 0.4) is 0 Å². The first-order chi connectivity index (χ1) is 8.20. The first-order valence-electron chi connectivity index (χ1n) is 6.10. The fraction of sp³-hybridized carbons (Fsp3) is 0.667. The number of morpholine rings is 1. The van der Waals surface area contributed by atoms with Gasteiger partial charge < -0.3 is 15.4 Å². The highest BCUT2D eigenvalue weighted by atomic mass is 16.5. The normalized spacial score (nSPS) is 25.0. The quantitative estimate of drug-likeness (QED) is 0.832. The number of hydrogen-bond acceptors (Lipinski definition) is 5. The standard InChI is InChI=1S/C12H20N4O/c1-9-8-17-10(2)7-16(9)12-14-5-11(3-4-13)6-15-12/h5-6,9-10H,3-4,7-8,13H2,1-2H3. The zero-order valence-electron chi connectivity index (χ0n) is 10.5. The summed E-state index contributed by atoms with van der Waals surface area (Å²) < 4.78 is 5.59. The maximum Gasteiger partial charge on any atom is 0.225 e. The lowest BCUT2D eigenvalue weighted by Crippen LogP contribution is -2.48. The minimum atomic E-state index is 0.235. The van der Waals surface area contributed by atoms with Crippen molar-refractivity contribution in [2.24, 2.45) is 5.73 Å². The highest BCUT2D eigenvalue weighted by Crippen LogP contribution is 2.17. The van der Waals surface area contributed by atoms with Crippen LogP contribution in [-0.2, 0) is 11.2 Å². The lowest BCUT2D eigenvalue weighted by Gasteiger charge is -2.36. The second-order valence-electron chi connectivity index (χ2n) is 4.58. The van der Waals surface area contributed by atoms with Gasteiger partial charge in [0.05, 0.1) is 18.8 Å². The minimum absolute atomic E-state index is 0.235. The predicted octanol–water partition coefficient (Wildman–Crippen LogP) is 0.591. The van der Waals surface area contributed by atoms with Crippen LogP contribution in [0, 0.1) is 0 Å². The van der Waals surface area contributed by atoms with Crippen LogP contribution < -0.4 is 10.6 Å². The minimum Gasteiger partial charge on any atom is -0.375 e. The number of anilines is 1. The van der Waals surface area contributed by atoms with Gasteiger partial charge in [0.1, 0.15) is 0 Å². The molecule has 0 aliphatic carbocycles. The van der Waals surface area contributed by atoms with Crippen LogP contribution in [0.5, 0.6) is 0 Å². The molecule has 1 aromatic rings. The van der Waals surface area contributed by atoms with Crippen molar-refractivity contribution in [1.29, 1.82) is 0 Å². The van der Waals surface area contributed by atoms with Crippen molar-refractivity contribution in [3.63, 3.8) is 0 Å². The second-order valence-corrected chi connectivity index (χ2v) is 4.58. The predicted molar refractivity (Wildman–Crippen MR) is 67.0 cm³/mol. The van der Waals surface area contributed by atoms with Crippen molar-refractivity contribution < 1.29 is 4.74 Å². The molecule has 1 aliphatic rings. The summed E-state index contributed by atoms with van der Waals surface area (Å²) in [5.74, 6) is 0.786. The molecular formula is C12H20N4O. The van der Waals surface area contributed by atoms with Crippen molar-refractivity contribution in [3.05, 3.63) is 18.0 Å². The van der Waals surface area contributed by atoms with Gasteiger partial charge in [-0.15, -0.1) is 0 Å². The van der Waals surface area contributed by atoms with E-state index >= 15 is 0 Å². The fourth-order valence-corrected chi connectivity index (χ4v) is 1.97. The van der Waals surface area contributed by atoms with E-state index in [4.69, 9.17) is 10.5 Å². The zero-order valence-corrected chi connectivity index (χ0v) is 10.5. The summed E-state index contributed by atoms with van der Waals surface area (Å²) in [7, 11) is 0. The Kier molecular flexibility index (Phi) is 3.91. The van der Waals surface area contributed by atoms with Gasteiger partial charge in [0.25, 0.3) is 0 Å². The summed E-state index contributed by atoms with van der Waals surface area (Å²) in [6.07, 6.45) is 4.79. The van der Waals surface area contributed by atoms with Crippen molar-refractivity contribution in [3.8, 4) is 0 Å². The second kappa shape index (κ2) is 5.42. The molecule has 2 unspecified atom stereocenters. The first-order valence-corrected chi connectivity index (χ1v) is 6.10. The molecule has 5 nitrogen and oxygen atoms in total. The molecule has 0 spiro atoms. The third kappa shape index (κ3) is 2.92. The topological polar surface area (TPSA) is 64.3 Å². The van der Waals surface area contributed by atoms with Gasteiger partial charge in [0, 0.05) is 18.9 Å². The number of nitrogens with two attached hydrogens (primary N) is 1. The molecule has 17 heavy (non-hydrogen) atoms. The Morgan fingerprint density at radius 3 is 2.76 bits per heavy atom. The fourth-order valence-electron chi connectivity index (χ4n) is 1.97. The molecule has 2 N–H and O–H groups in total. The average Bonchev–Trinajstić information content (AvgIpc) is 2.34. The number of hydrogen-bond donors (Lipinski definition) is 1. The van der Waals surface area contributed by atoms with Gasteiger partial charge in [-0.25, -0.2) is 9.97 Å². The largest absolute Gasteiger partial charge is 0.375 e. The van der Waals surface area contributed by atoms with Gasteiger partial charge >= 0.3 is 0 Å². The highest BCUT2D eigenvalue weighted by Gasteiger charge is 2.25. The van der Waals surface area contributed by atoms with Gasteiger partial charge in [-0.1, -0.05) is 0 Å². The van der Waals surface area contributed by atoms with Gasteiger partial charge in [-0.2, -0.15) is 0 Å². The van der Waals surface area contributed by atoms with E-state index in [0.29, 0.717) is 12.6 Å². The van der Waals surface area contributed by atoms with Crippen LogP contribution in [0.4, 0.5) is 5.95 Å². The Balaban J connectivity index is 2.10. The molecule has 1 aromatic heterocycles. The molecule has 1 saturated heterocycles. The smallest absolute Gasteiger partial charge is 0.225 e. The summed E-state index contributed by atoms with van der Waals surface area (Å²) in [4.78, 5) is 11.0. The Labute approximate surface area is 102 Å². The summed E-state index contributed by atoms with van der Waals surface area (Å²) in [6, 6.07) is 0.326. The molecular weight excluding hydrogens is 216 g/mol. The Morgan fingerprint density at radius 2 is 2.12 bits per heavy atom. The molecule has 94 valence electrons. The molecule has 5 heteroatoms. The average molecular weight is 236 g/mol. The van der Waals surface area contributed by atoms with Crippen LogP contribution in [0.25, 0.3) is 0 Å². The number of rotatable bonds is 3.